The minimum Gasteiger partial charge on any atom is -0.254 e. The first-order chi connectivity index (χ1) is 8.56. The first-order valence-electron chi connectivity index (χ1n) is 5.14. The van der Waals surface area contributed by atoms with Gasteiger partial charge in [0.25, 0.3) is 0 Å². The Morgan fingerprint density at radius 3 is 2.33 bits per heavy atom. The van der Waals surface area contributed by atoms with Gasteiger partial charge in [-0.2, -0.15) is 0 Å². The maximum Gasteiger partial charge on any atom is 0.128 e. The first-order valence-corrected chi connectivity index (χ1v) is 6.84. The second-order valence-corrected chi connectivity index (χ2v) is 5.57. The van der Waals surface area contributed by atoms with Crippen LogP contribution in [0.15, 0.2) is 47.4 Å². The molecular formula is C13H9ClF2OS. The van der Waals surface area contributed by atoms with E-state index < -0.39 is 22.4 Å². The molecule has 0 aliphatic carbocycles. The zero-order valence-corrected chi connectivity index (χ0v) is 10.8. The maximum absolute atomic E-state index is 13.5. The standard InChI is InChI=1S/C13H9ClF2OS/c14-10-2-1-9(13(16)7-10)8-18(17)12-5-3-11(15)4-6-12/h1-7H,8H2. The molecule has 0 aliphatic rings. The van der Waals surface area contributed by atoms with Crippen molar-refractivity contribution >= 4 is 22.4 Å². The van der Waals surface area contributed by atoms with Crippen molar-refractivity contribution in [1.29, 1.82) is 0 Å². The highest BCUT2D eigenvalue weighted by Gasteiger charge is 2.09. The molecule has 18 heavy (non-hydrogen) atoms. The highest BCUT2D eigenvalue weighted by Crippen LogP contribution is 2.18. The van der Waals surface area contributed by atoms with Gasteiger partial charge in [-0.3, -0.25) is 4.21 Å². The Labute approximate surface area is 111 Å². The second-order valence-electron chi connectivity index (χ2n) is 3.68. The minimum absolute atomic E-state index is 0.0363. The molecule has 2 aromatic rings. The monoisotopic (exact) mass is 286 g/mol. The summed E-state index contributed by atoms with van der Waals surface area (Å²) in [6.07, 6.45) is 0. The summed E-state index contributed by atoms with van der Waals surface area (Å²) in [4.78, 5) is 0.464. The summed E-state index contributed by atoms with van der Waals surface area (Å²) < 4.78 is 38.2. The van der Waals surface area contributed by atoms with Gasteiger partial charge in [0.15, 0.2) is 0 Å². The molecule has 1 unspecified atom stereocenters. The average molecular weight is 287 g/mol. The Hall–Kier alpha value is -1.26. The van der Waals surface area contributed by atoms with Crippen molar-refractivity contribution in [3.63, 3.8) is 0 Å². The lowest BCUT2D eigenvalue weighted by atomic mass is 10.2. The molecule has 0 aromatic heterocycles. The van der Waals surface area contributed by atoms with Crippen LogP contribution in [0.25, 0.3) is 0 Å². The van der Waals surface area contributed by atoms with Crippen molar-refractivity contribution in [1.82, 2.24) is 0 Å². The summed E-state index contributed by atoms with van der Waals surface area (Å²) in [5, 5.41) is 0.295. The summed E-state index contributed by atoms with van der Waals surface area (Å²) in [7, 11) is -1.41. The normalized spacial score (nSPS) is 12.4. The van der Waals surface area contributed by atoms with Gasteiger partial charge in [0.1, 0.15) is 11.6 Å². The van der Waals surface area contributed by atoms with Gasteiger partial charge >= 0.3 is 0 Å². The second kappa shape index (κ2) is 5.59. The topological polar surface area (TPSA) is 17.1 Å². The number of halogens is 3. The Kier molecular flexibility index (Phi) is 4.09. The van der Waals surface area contributed by atoms with Crippen LogP contribution in [0.2, 0.25) is 5.02 Å². The fourth-order valence-electron chi connectivity index (χ4n) is 1.45. The zero-order valence-electron chi connectivity index (χ0n) is 9.20. The van der Waals surface area contributed by atoms with Gasteiger partial charge in [-0.25, -0.2) is 8.78 Å². The van der Waals surface area contributed by atoms with E-state index >= 15 is 0 Å². The summed E-state index contributed by atoms with van der Waals surface area (Å²) in [5.74, 6) is -0.847. The SMILES string of the molecule is O=S(Cc1ccc(Cl)cc1F)c1ccc(F)cc1. The molecule has 0 N–H and O–H groups in total. The van der Waals surface area contributed by atoms with Crippen LogP contribution >= 0.6 is 11.6 Å². The van der Waals surface area contributed by atoms with Crippen LogP contribution in [0.1, 0.15) is 5.56 Å². The molecule has 0 saturated heterocycles. The van der Waals surface area contributed by atoms with E-state index in [1.165, 1.54) is 36.4 Å². The van der Waals surface area contributed by atoms with Gasteiger partial charge in [0.05, 0.1) is 16.6 Å². The molecule has 0 bridgehead atoms. The Morgan fingerprint density at radius 2 is 1.72 bits per heavy atom. The lowest BCUT2D eigenvalue weighted by Gasteiger charge is -2.04. The van der Waals surface area contributed by atoms with Crippen LogP contribution in [-0.4, -0.2) is 4.21 Å². The third-order valence-electron chi connectivity index (χ3n) is 2.38. The van der Waals surface area contributed by atoms with Gasteiger partial charge in [-0.15, -0.1) is 0 Å². The Bertz CT molecular complexity index is 584. The van der Waals surface area contributed by atoms with E-state index in [-0.39, 0.29) is 5.75 Å². The molecule has 94 valence electrons. The van der Waals surface area contributed by atoms with E-state index in [4.69, 9.17) is 11.6 Å². The predicted molar refractivity (Wildman–Crippen MR) is 67.9 cm³/mol. The van der Waals surface area contributed by atoms with Crippen molar-refractivity contribution < 1.29 is 13.0 Å². The highest BCUT2D eigenvalue weighted by atomic mass is 35.5. The average Bonchev–Trinajstić information content (AvgIpc) is 2.33. The van der Waals surface area contributed by atoms with Crippen molar-refractivity contribution in [2.75, 3.05) is 0 Å². The molecule has 2 aromatic carbocycles. The van der Waals surface area contributed by atoms with Crippen LogP contribution < -0.4 is 0 Å². The van der Waals surface area contributed by atoms with Crippen molar-refractivity contribution in [2.24, 2.45) is 0 Å². The molecule has 0 aliphatic heterocycles. The fourth-order valence-corrected chi connectivity index (χ4v) is 2.73. The van der Waals surface area contributed by atoms with Crippen molar-refractivity contribution in [2.45, 2.75) is 10.6 Å². The molecule has 1 atom stereocenters. The van der Waals surface area contributed by atoms with E-state index in [9.17, 15) is 13.0 Å². The molecule has 0 fully saturated rings. The van der Waals surface area contributed by atoms with Gasteiger partial charge in [0, 0.05) is 15.5 Å². The molecule has 5 heteroatoms. The summed E-state index contributed by atoms with van der Waals surface area (Å²) in [6, 6.07) is 9.54. The molecule has 0 spiro atoms. The van der Waals surface area contributed by atoms with Crippen LogP contribution in [0.5, 0.6) is 0 Å². The third kappa shape index (κ3) is 3.15. The Balaban J connectivity index is 2.18. The van der Waals surface area contributed by atoms with Crippen molar-refractivity contribution in [3.05, 3.63) is 64.7 Å². The quantitative estimate of drug-likeness (QED) is 0.836. The van der Waals surface area contributed by atoms with Crippen molar-refractivity contribution in [3.8, 4) is 0 Å². The molecule has 0 heterocycles. The largest absolute Gasteiger partial charge is 0.254 e. The molecule has 0 saturated carbocycles. The fraction of sp³-hybridized carbons (Fsp3) is 0.0769. The third-order valence-corrected chi connectivity index (χ3v) is 3.98. The van der Waals surface area contributed by atoms with E-state index in [0.717, 1.165) is 0 Å². The molecule has 0 radical (unpaired) electrons. The van der Waals surface area contributed by atoms with E-state index in [1.54, 1.807) is 6.07 Å². The van der Waals surface area contributed by atoms with Gasteiger partial charge in [-0.1, -0.05) is 17.7 Å². The predicted octanol–water partition coefficient (Wildman–Crippen LogP) is 3.93. The summed E-state index contributed by atoms with van der Waals surface area (Å²) >= 11 is 5.63. The zero-order chi connectivity index (χ0) is 13.1. The minimum atomic E-state index is -1.41. The lowest BCUT2D eigenvalue weighted by Crippen LogP contribution is -1.99. The van der Waals surface area contributed by atoms with Crippen LogP contribution in [0.3, 0.4) is 0 Å². The molecule has 1 nitrogen and oxygen atoms in total. The summed E-state index contributed by atoms with van der Waals surface area (Å²) in [5.41, 5.74) is 0.321. The van der Waals surface area contributed by atoms with Gasteiger partial charge < -0.3 is 0 Å². The maximum atomic E-state index is 13.5. The van der Waals surface area contributed by atoms with Crippen LogP contribution in [-0.2, 0) is 16.6 Å². The lowest BCUT2D eigenvalue weighted by molar-refractivity contribution is 0.615. The summed E-state index contributed by atoms with van der Waals surface area (Å²) in [6.45, 7) is 0. The number of rotatable bonds is 3. The van der Waals surface area contributed by atoms with Gasteiger partial charge in [0.2, 0.25) is 0 Å². The highest BCUT2D eigenvalue weighted by molar-refractivity contribution is 7.84. The van der Waals surface area contributed by atoms with E-state index in [2.05, 4.69) is 0 Å². The molecule has 0 amide bonds. The number of hydrogen-bond acceptors (Lipinski definition) is 1. The smallest absolute Gasteiger partial charge is 0.128 e. The number of hydrogen-bond donors (Lipinski definition) is 0. The molecule has 2 rings (SSSR count). The van der Waals surface area contributed by atoms with E-state index in [1.807, 2.05) is 0 Å². The first kappa shape index (κ1) is 13.2. The van der Waals surface area contributed by atoms with Gasteiger partial charge in [-0.05, 0) is 36.4 Å². The molecular weight excluding hydrogens is 278 g/mol. The van der Waals surface area contributed by atoms with Crippen LogP contribution in [0, 0.1) is 11.6 Å². The number of benzene rings is 2. The Morgan fingerprint density at radius 1 is 1.06 bits per heavy atom. The van der Waals surface area contributed by atoms with E-state index in [0.29, 0.717) is 15.5 Å². The van der Waals surface area contributed by atoms with Crippen LogP contribution in [0.4, 0.5) is 8.78 Å².